The van der Waals surface area contributed by atoms with E-state index in [0.717, 1.165) is 6.54 Å². The Morgan fingerprint density at radius 2 is 1.76 bits per heavy atom. The van der Waals surface area contributed by atoms with Crippen molar-refractivity contribution in [1.29, 1.82) is 0 Å². The fraction of sp³-hybridized carbons (Fsp3) is 0.733. The van der Waals surface area contributed by atoms with E-state index in [-0.39, 0.29) is 5.09 Å². The maximum Gasteiger partial charge on any atom is 0.273 e. The molecule has 122 valence electrons. The fourth-order valence-corrected chi connectivity index (χ4v) is 3.38. The standard InChI is InChI=1S/C15H28N2O3S/c1-6-16-9-13-7-8-15(20-13)21(18,19)17-10-14(11(2)3)12(4)5/h7-8,11-12,14,16-17H,6,9-10H2,1-5H3. The normalized spacial score (nSPS) is 12.8. The highest BCUT2D eigenvalue weighted by atomic mass is 32.2. The molecule has 6 heteroatoms. The van der Waals surface area contributed by atoms with Crippen molar-refractivity contribution < 1.29 is 12.8 Å². The molecule has 0 atom stereocenters. The first-order chi connectivity index (χ1) is 9.77. The number of furan rings is 1. The molecule has 21 heavy (non-hydrogen) atoms. The highest BCUT2D eigenvalue weighted by Crippen LogP contribution is 2.21. The van der Waals surface area contributed by atoms with Crippen molar-refractivity contribution in [3.05, 3.63) is 17.9 Å². The van der Waals surface area contributed by atoms with Gasteiger partial charge in [0.15, 0.2) is 0 Å². The van der Waals surface area contributed by atoms with Crippen LogP contribution in [0.5, 0.6) is 0 Å². The predicted molar refractivity (Wildman–Crippen MR) is 84.4 cm³/mol. The summed E-state index contributed by atoms with van der Waals surface area (Å²) in [5.74, 6) is 1.78. The van der Waals surface area contributed by atoms with Crippen molar-refractivity contribution in [2.45, 2.75) is 46.3 Å². The van der Waals surface area contributed by atoms with Crippen LogP contribution >= 0.6 is 0 Å². The first kappa shape index (κ1) is 18.2. The summed E-state index contributed by atoms with van der Waals surface area (Å²) < 4.78 is 32.5. The Balaban J connectivity index is 2.70. The monoisotopic (exact) mass is 316 g/mol. The van der Waals surface area contributed by atoms with E-state index < -0.39 is 10.0 Å². The van der Waals surface area contributed by atoms with Crippen LogP contribution in [-0.2, 0) is 16.6 Å². The molecule has 0 aliphatic carbocycles. The van der Waals surface area contributed by atoms with E-state index in [2.05, 4.69) is 37.7 Å². The zero-order valence-electron chi connectivity index (χ0n) is 13.6. The van der Waals surface area contributed by atoms with E-state index >= 15 is 0 Å². The largest absolute Gasteiger partial charge is 0.447 e. The topological polar surface area (TPSA) is 71.3 Å². The second-order valence-corrected chi connectivity index (χ2v) is 7.70. The maximum atomic E-state index is 12.2. The van der Waals surface area contributed by atoms with E-state index in [0.29, 0.717) is 36.6 Å². The SMILES string of the molecule is CCNCc1ccc(S(=O)(=O)NCC(C(C)C)C(C)C)o1. The van der Waals surface area contributed by atoms with Gasteiger partial charge in [-0.25, -0.2) is 13.1 Å². The highest BCUT2D eigenvalue weighted by Gasteiger charge is 2.23. The second kappa shape index (κ2) is 7.96. The van der Waals surface area contributed by atoms with Crippen LogP contribution in [0.4, 0.5) is 0 Å². The van der Waals surface area contributed by atoms with Crippen LogP contribution in [-0.4, -0.2) is 21.5 Å². The molecule has 0 aromatic carbocycles. The first-order valence-corrected chi connectivity index (χ1v) is 9.05. The van der Waals surface area contributed by atoms with E-state index in [1.807, 2.05) is 6.92 Å². The summed E-state index contributed by atoms with van der Waals surface area (Å²) in [5, 5.41) is 3.09. The van der Waals surface area contributed by atoms with Crippen molar-refractivity contribution in [3.8, 4) is 0 Å². The molecule has 1 rings (SSSR count). The Morgan fingerprint density at radius 3 is 2.29 bits per heavy atom. The molecule has 0 unspecified atom stereocenters. The molecular weight excluding hydrogens is 288 g/mol. The lowest BCUT2D eigenvalue weighted by Gasteiger charge is -2.24. The van der Waals surface area contributed by atoms with Gasteiger partial charge in [-0.15, -0.1) is 0 Å². The van der Waals surface area contributed by atoms with Gasteiger partial charge in [0, 0.05) is 6.54 Å². The van der Waals surface area contributed by atoms with Gasteiger partial charge in [0.1, 0.15) is 5.76 Å². The van der Waals surface area contributed by atoms with Crippen LogP contribution in [0.2, 0.25) is 0 Å². The van der Waals surface area contributed by atoms with Crippen molar-refractivity contribution >= 4 is 10.0 Å². The zero-order chi connectivity index (χ0) is 16.0. The molecule has 0 fully saturated rings. The summed E-state index contributed by atoms with van der Waals surface area (Å²) in [7, 11) is -3.57. The molecule has 2 N–H and O–H groups in total. The average molecular weight is 316 g/mol. The lowest BCUT2D eigenvalue weighted by Crippen LogP contribution is -2.33. The Bertz CT molecular complexity index is 513. The summed E-state index contributed by atoms with van der Waals surface area (Å²) >= 11 is 0. The maximum absolute atomic E-state index is 12.2. The minimum Gasteiger partial charge on any atom is -0.447 e. The van der Waals surface area contributed by atoms with Crippen LogP contribution in [0.15, 0.2) is 21.6 Å². The molecule has 0 bridgehead atoms. The van der Waals surface area contributed by atoms with Gasteiger partial charge in [-0.3, -0.25) is 0 Å². The molecule has 1 aromatic rings. The Hall–Kier alpha value is -0.850. The second-order valence-electron chi connectivity index (χ2n) is 6.00. The molecule has 1 heterocycles. The molecule has 0 saturated heterocycles. The number of nitrogens with one attached hydrogen (secondary N) is 2. The Morgan fingerprint density at radius 1 is 1.14 bits per heavy atom. The van der Waals surface area contributed by atoms with Crippen molar-refractivity contribution in [1.82, 2.24) is 10.0 Å². The lowest BCUT2D eigenvalue weighted by molar-refractivity contribution is 0.288. The van der Waals surface area contributed by atoms with Gasteiger partial charge in [-0.05, 0) is 36.4 Å². The van der Waals surface area contributed by atoms with Crippen LogP contribution in [0.1, 0.15) is 40.4 Å². The van der Waals surface area contributed by atoms with Crippen molar-refractivity contribution in [2.75, 3.05) is 13.1 Å². The van der Waals surface area contributed by atoms with Crippen LogP contribution in [0, 0.1) is 17.8 Å². The van der Waals surface area contributed by atoms with Crippen LogP contribution in [0.25, 0.3) is 0 Å². The lowest BCUT2D eigenvalue weighted by atomic mass is 9.86. The van der Waals surface area contributed by atoms with Crippen LogP contribution in [0.3, 0.4) is 0 Å². The molecule has 0 amide bonds. The number of sulfonamides is 1. The quantitative estimate of drug-likeness (QED) is 0.734. The number of hydrogen-bond acceptors (Lipinski definition) is 4. The minimum atomic E-state index is -3.57. The Labute approximate surface area is 128 Å². The number of hydrogen-bond donors (Lipinski definition) is 2. The molecule has 0 saturated carbocycles. The molecule has 0 radical (unpaired) electrons. The average Bonchev–Trinajstić information content (AvgIpc) is 2.85. The smallest absolute Gasteiger partial charge is 0.273 e. The van der Waals surface area contributed by atoms with Gasteiger partial charge in [0.05, 0.1) is 6.54 Å². The Kier molecular flexibility index (Phi) is 6.90. The number of rotatable bonds is 9. The third-order valence-electron chi connectivity index (χ3n) is 3.67. The minimum absolute atomic E-state index is 0.0123. The van der Waals surface area contributed by atoms with Gasteiger partial charge in [-0.2, -0.15) is 0 Å². The highest BCUT2D eigenvalue weighted by molar-refractivity contribution is 7.89. The summed E-state index contributed by atoms with van der Waals surface area (Å²) in [5.41, 5.74) is 0. The van der Waals surface area contributed by atoms with E-state index in [9.17, 15) is 8.42 Å². The van der Waals surface area contributed by atoms with Crippen molar-refractivity contribution in [3.63, 3.8) is 0 Å². The van der Waals surface area contributed by atoms with Gasteiger partial charge in [0.2, 0.25) is 5.09 Å². The van der Waals surface area contributed by atoms with Gasteiger partial charge >= 0.3 is 0 Å². The van der Waals surface area contributed by atoms with Crippen LogP contribution < -0.4 is 10.0 Å². The van der Waals surface area contributed by atoms with Gasteiger partial charge < -0.3 is 9.73 Å². The molecule has 0 aliphatic rings. The van der Waals surface area contributed by atoms with E-state index in [4.69, 9.17) is 4.42 Å². The zero-order valence-corrected chi connectivity index (χ0v) is 14.5. The third kappa shape index (κ3) is 5.45. The third-order valence-corrected chi connectivity index (χ3v) is 4.97. The first-order valence-electron chi connectivity index (χ1n) is 7.57. The van der Waals surface area contributed by atoms with Gasteiger partial charge in [-0.1, -0.05) is 34.6 Å². The summed E-state index contributed by atoms with van der Waals surface area (Å²) in [6.07, 6.45) is 0. The van der Waals surface area contributed by atoms with Gasteiger partial charge in [0.25, 0.3) is 10.0 Å². The summed E-state index contributed by atoms with van der Waals surface area (Å²) in [4.78, 5) is 0. The fourth-order valence-electron chi connectivity index (χ4n) is 2.36. The summed E-state index contributed by atoms with van der Waals surface area (Å²) in [6, 6.07) is 3.20. The molecule has 1 aromatic heterocycles. The summed E-state index contributed by atoms with van der Waals surface area (Å²) in [6.45, 7) is 12.2. The molecular formula is C15H28N2O3S. The van der Waals surface area contributed by atoms with E-state index in [1.165, 1.54) is 6.07 Å². The molecule has 0 aliphatic heterocycles. The molecule has 0 spiro atoms. The molecule has 5 nitrogen and oxygen atoms in total. The van der Waals surface area contributed by atoms with Crippen molar-refractivity contribution in [2.24, 2.45) is 17.8 Å². The van der Waals surface area contributed by atoms with E-state index in [1.54, 1.807) is 6.07 Å². The predicted octanol–water partition coefficient (Wildman–Crippen LogP) is 2.60.